The molecule has 3 heteroatoms. The van der Waals surface area contributed by atoms with Gasteiger partial charge in [0, 0.05) is 31.7 Å². The molecule has 0 saturated carbocycles. The first-order chi connectivity index (χ1) is 6.65. The molecule has 1 heterocycles. The molecule has 1 fully saturated rings. The summed E-state index contributed by atoms with van der Waals surface area (Å²) in [4.78, 5) is 4.28. The number of nitriles is 1. The van der Waals surface area contributed by atoms with Crippen LogP contribution in [-0.4, -0.2) is 41.5 Å². The van der Waals surface area contributed by atoms with Gasteiger partial charge in [-0.1, -0.05) is 13.8 Å². The van der Waals surface area contributed by atoms with Gasteiger partial charge in [-0.15, -0.1) is 0 Å². The Morgan fingerprint density at radius 2 is 1.86 bits per heavy atom. The molecule has 1 unspecified atom stereocenters. The number of rotatable bonds is 1. The van der Waals surface area contributed by atoms with Crippen LogP contribution in [0.25, 0.3) is 0 Å². The molecule has 0 bridgehead atoms. The molecule has 3 nitrogen and oxygen atoms in total. The molecule has 0 N–H and O–H groups in total. The molecule has 1 aliphatic rings. The van der Waals surface area contributed by atoms with Gasteiger partial charge in [0.25, 0.3) is 0 Å². The largest absolute Gasteiger partial charge is 0.308 e. The molecule has 0 radical (unpaired) electrons. The van der Waals surface area contributed by atoms with Crippen molar-refractivity contribution in [1.82, 2.24) is 9.80 Å². The minimum absolute atomic E-state index is 0.512. The Kier molecular flexibility index (Phi) is 6.31. The number of nitrogens with zero attached hydrogens (tertiary/aromatic N) is 3. The van der Waals surface area contributed by atoms with Crippen LogP contribution in [0, 0.1) is 11.5 Å². The maximum atomic E-state index is 8.69. The van der Waals surface area contributed by atoms with E-state index in [-0.39, 0.29) is 0 Å². The molecule has 0 aromatic rings. The normalized spacial score (nSPS) is 22.6. The third-order valence-electron chi connectivity index (χ3n) is 2.48. The summed E-state index contributed by atoms with van der Waals surface area (Å²) in [6.07, 6.45) is 2.20. The SMILES string of the molecule is CC.CC(C)N1CCN(C#N)CC1C. The summed E-state index contributed by atoms with van der Waals surface area (Å²) < 4.78 is 0. The first-order valence-electron chi connectivity index (χ1n) is 5.55. The highest BCUT2D eigenvalue weighted by molar-refractivity contribution is 4.86. The lowest BCUT2D eigenvalue weighted by Gasteiger charge is -2.39. The highest BCUT2D eigenvalue weighted by Gasteiger charge is 2.24. The van der Waals surface area contributed by atoms with Crippen molar-refractivity contribution in [2.24, 2.45) is 0 Å². The van der Waals surface area contributed by atoms with Gasteiger partial charge in [0.2, 0.25) is 0 Å². The monoisotopic (exact) mass is 197 g/mol. The Morgan fingerprint density at radius 1 is 1.29 bits per heavy atom. The lowest BCUT2D eigenvalue weighted by Crippen LogP contribution is -2.52. The molecule has 82 valence electrons. The van der Waals surface area contributed by atoms with Gasteiger partial charge < -0.3 is 4.90 Å². The van der Waals surface area contributed by atoms with E-state index in [0.29, 0.717) is 12.1 Å². The van der Waals surface area contributed by atoms with E-state index in [1.165, 1.54) is 0 Å². The van der Waals surface area contributed by atoms with Crippen LogP contribution in [0.1, 0.15) is 34.6 Å². The van der Waals surface area contributed by atoms with Crippen molar-refractivity contribution >= 4 is 0 Å². The molecular formula is C11H23N3. The average Bonchev–Trinajstić information content (AvgIpc) is 2.20. The lowest BCUT2D eigenvalue weighted by molar-refractivity contribution is 0.0875. The Balaban J connectivity index is 0.000000791. The van der Waals surface area contributed by atoms with Crippen LogP contribution in [0.2, 0.25) is 0 Å². The summed E-state index contributed by atoms with van der Waals surface area (Å²) in [5.41, 5.74) is 0. The van der Waals surface area contributed by atoms with E-state index in [4.69, 9.17) is 5.26 Å². The zero-order valence-electron chi connectivity index (χ0n) is 10.1. The molecule has 0 aliphatic carbocycles. The molecule has 0 amide bonds. The van der Waals surface area contributed by atoms with Crippen molar-refractivity contribution in [3.63, 3.8) is 0 Å². The zero-order valence-corrected chi connectivity index (χ0v) is 10.1. The van der Waals surface area contributed by atoms with E-state index in [2.05, 4.69) is 31.9 Å². The third kappa shape index (κ3) is 3.55. The van der Waals surface area contributed by atoms with Gasteiger partial charge in [0.15, 0.2) is 6.19 Å². The summed E-state index contributed by atoms with van der Waals surface area (Å²) in [6, 6.07) is 1.11. The molecule has 0 aromatic heterocycles. The summed E-state index contributed by atoms with van der Waals surface area (Å²) in [5.74, 6) is 0. The molecule has 1 aliphatic heterocycles. The lowest BCUT2D eigenvalue weighted by atomic mass is 10.1. The second-order valence-electron chi connectivity index (χ2n) is 3.73. The van der Waals surface area contributed by atoms with Crippen LogP contribution in [0.3, 0.4) is 0 Å². The summed E-state index contributed by atoms with van der Waals surface area (Å²) in [7, 11) is 0. The molecule has 0 aromatic carbocycles. The van der Waals surface area contributed by atoms with E-state index >= 15 is 0 Å². The van der Waals surface area contributed by atoms with Gasteiger partial charge in [-0.3, -0.25) is 4.90 Å². The summed E-state index contributed by atoms with van der Waals surface area (Å²) in [6.45, 7) is 13.4. The maximum Gasteiger partial charge on any atom is 0.179 e. The van der Waals surface area contributed by atoms with Gasteiger partial charge in [-0.25, -0.2) is 0 Å². The van der Waals surface area contributed by atoms with Crippen molar-refractivity contribution < 1.29 is 0 Å². The van der Waals surface area contributed by atoms with Crippen LogP contribution in [0.15, 0.2) is 0 Å². The third-order valence-corrected chi connectivity index (χ3v) is 2.48. The topological polar surface area (TPSA) is 30.3 Å². The zero-order chi connectivity index (χ0) is 11.1. The molecule has 0 spiro atoms. The minimum Gasteiger partial charge on any atom is -0.308 e. The second-order valence-corrected chi connectivity index (χ2v) is 3.73. The Bertz CT molecular complexity index is 183. The van der Waals surface area contributed by atoms with Crippen molar-refractivity contribution in [3.05, 3.63) is 0 Å². The highest BCUT2D eigenvalue weighted by Crippen LogP contribution is 2.11. The fourth-order valence-electron chi connectivity index (χ4n) is 1.83. The van der Waals surface area contributed by atoms with Crippen molar-refractivity contribution in [2.45, 2.75) is 46.7 Å². The number of hydrogen-bond donors (Lipinski definition) is 0. The van der Waals surface area contributed by atoms with Gasteiger partial charge in [0.1, 0.15) is 0 Å². The molecule has 14 heavy (non-hydrogen) atoms. The first-order valence-corrected chi connectivity index (χ1v) is 5.55. The van der Waals surface area contributed by atoms with Gasteiger partial charge >= 0.3 is 0 Å². The van der Waals surface area contributed by atoms with Crippen LogP contribution < -0.4 is 0 Å². The molecule has 1 rings (SSSR count). The Labute approximate surface area is 88.3 Å². The summed E-state index contributed by atoms with van der Waals surface area (Å²) >= 11 is 0. The van der Waals surface area contributed by atoms with E-state index in [1.807, 2.05) is 18.7 Å². The van der Waals surface area contributed by atoms with Gasteiger partial charge in [-0.2, -0.15) is 5.26 Å². The van der Waals surface area contributed by atoms with Crippen LogP contribution in [-0.2, 0) is 0 Å². The fourth-order valence-corrected chi connectivity index (χ4v) is 1.83. The molecular weight excluding hydrogens is 174 g/mol. The van der Waals surface area contributed by atoms with Crippen LogP contribution in [0.4, 0.5) is 0 Å². The van der Waals surface area contributed by atoms with Gasteiger partial charge in [0.05, 0.1) is 0 Å². The van der Waals surface area contributed by atoms with E-state index in [1.54, 1.807) is 0 Å². The van der Waals surface area contributed by atoms with Crippen LogP contribution >= 0.6 is 0 Å². The highest BCUT2D eigenvalue weighted by atomic mass is 15.3. The Hall–Kier alpha value is -0.750. The molecule has 1 atom stereocenters. The number of hydrogen-bond acceptors (Lipinski definition) is 3. The Morgan fingerprint density at radius 3 is 2.21 bits per heavy atom. The van der Waals surface area contributed by atoms with E-state index in [9.17, 15) is 0 Å². The van der Waals surface area contributed by atoms with Crippen LogP contribution in [0.5, 0.6) is 0 Å². The average molecular weight is 197 g/mol. The van der Waals surface area contributed by atoms with Crippen molar-refractivity contribution in [3.8, 4) is 6.19 Å². The molecule has 1 saturated heterocycles. The number of piperazine rings is 1. The van der Waals surface area contributed by atoms with Crippen molar-refractivity contribution in [1.29, 1.82) is 5.26 Å². The van der Waals surface area contributed by atoms with Crippen molar-refractivity contribution in [2.75, 3.05) is 19.6 Å². The maximum absolute atomic E-state index is 8.69. The predicted octanol–water partition coefficient (Wildman–Crippen LogP) is 1.91. The summed E-state index contributed by atoms with van der Waals surface area (Å²) in [5, 5.41) is 8.69. The predicted molar refractivity (Wildman–Crippen MR) is 59.8 cm³/mol. The second kappa shape index (κ2) is 6.67. The standard InChI is InChI=1S/C9H17N3.C2H6/c1-8(2)12-5-4-11(7-10)6-9(12)3;1-2/h8-9H,4-6H2,1-3H3;1-2H3. The first kappa shape index (κ1) is 13.2. The minimum atomic E-state index is 0.512. The van der Waals surface area contributed by atoms with Gasteiger partial charge in [-0.05, 0) is 20.8 Å². The fraction of sp³-hybridized carbons (Fsp3) is 0.909. The quantitative estimate of drug-likeness (QED) is 0.602. The van der Waals surface area contributed by atoms with E-state index in [0.717, 1.165) is 19.6 Å². The smallest absolute Gasteiger partial charge is 0.179 e. The van der Waals surface area contributed by atoms with E-state index < -0.39 is 0 Å².